The molecule has 2 fully saturated rings. The summed E-state index contributed by atoms with van der Waals surface area (Å²) >= 11 is 0. The molecule has 1 aliphatic heterocycles. The Labute approximate surface area is 92.2 Å². The van der Waals surface area contributed by atoms with Gasteiger partial charge in [0.1, 0.15) is 6.17 Å². The maximum Gasteiger partial charge on any atom is 0.103 e. The summed E-state index contributed by atoms with van der Waals surface area (Å²) in [6, 6.07) is 0.490. The molecule has 1 aliphatic carbocycles. The molecule has 2 unspecified atom stereocenters. The maximum atomic E-state index is 13.1. The number of halogens is 2. The van der Waals surface area contributed by atoms with Crippen molar-refractivity contribution in [1.29, 1.82) is 0 Å². The molecule has 1 nitrogen and oxygen atoms in total. The van der Waals surface area contributed by atoms with Crippen LogP contribution in [0.4, 0.5) is 4.39 Å². The molecule has 3 heteroatoms. The Morgan fingerprint density at radius 3 is 2.36 bits per heavy atom. The number of hydrogen-bond acceptors (Lipinski definition) is 1. The van der Waals surface area contributed by atoms with E-state index in [0.717, 1.165) is 25.3 Å². The zero-order chi connectivity index (χ0) is 9.10. The largest absolute Gasteiger partial charge is 0.313 e. The molecule has 2 aliphatic rings. The van der Waals surface area contributed by atoms with Gasteiger partial charge in [0.05, 0.1) is 0 Å². The Kier molecular flexibility index (Phi) is 5.18. The maximum absolute atomic E-state index is 13.1. The Balaban J connectivity index is 0.000000980. The lowest BCUT2D eigenvalue weighted by Crippen LogP contribution is -2.44. The molecule has 1 saturated heterocycles. The van der Waals surface area contributed by atoms with Gasteiger partial charge in [0.15, 0.2) is 0 Å². The fourth-order valence-electron chi connectivity index (χ4n) is 2.80. The van der Waals surface area contributed by atoms with Crippen molar-refractivity contribution in [2.24, 2.45) is 5.92 Å². The quantitative estimate of drug-likeness (QED) is 0.718. The zero-order valence-electron chi connectivity index (χ0n) is 8.68. The minimum absolute atomic E-state index is 0. The fraction of sp³-hybridized carbons (Fsp3) is 1.00. The zero-order valence-corrected chi connectivity index (χ0v) is 9.49. The summed E-state index contributed by atoms with van der Waals surface area (Å²) in [5.74, 6) is 0.771. The third-order valence-electron chi connectivity index (χ3n) is 3.59. The molecule has 84 valence electrons. The van der Waals surface area contributed by atoms with Crippen LogP contribution in [0.3, 0.4) is 0 Å². The van der Waals surface area contributed by atoms with Crippen LogP contribution in [0.25, 0.3) is 0 Å². The van der Waals surface area contributed by atoms with E-state index < -0.39 is 6.17 Å². The van der Waals surface area contributed by atoms with E-state index >= 15 is 0 Å². The van der Waals surface area contributed by atoms with Crippen molar-refractivity contribution >= 4 is 12.4 Å². The van der Waals surface area contributed by atoms with Crippen LogP contribution in [-0.2, 0) is 0 Å². The first-order valence-corrected chi connectivity index (χ1v) is 5.74. The topological polar surface area (TPSA) is 12.0 Å². The van der Waals surface area contributed by atoms with Crippen molar-refractivity contribution in [2.75, 3.05) is 6.54 Å². The first kappa shape index (κ1) is 12.3. The van der Waals surface area contributed by atoms with Crippen molar-refractivity contribution in [3.05, 3.63) is 0 Å². The van der Waals surface area contributed by atoms with Gasteiger partial charge in [0.25, 0.3) is 0 Å². The molecule has 0 amide bonds. The third-order valence-corrected chi connectivity index (χ3v) is 3.59. The summed E-state index contributed by atoms with van der Waals surface area (Å²) in [5.41, 5.74) is 0. The Morgan fingerprint density at radius 1 is 1.00 bits per heavy atom. The molecule has 0 radical (unpaired) electrons. The number of piperidine rings is 1. The Bertz CT molecular complexity index is 159. The summed E-state index contributed by atoms with van der Waals surface area (Å²) in [4.78, 5) is 0. The van der Waals surface area contributed by atoms with Crippen LogP contribution < -0.4 is 5.32 Å². The van der Waals surface area contributed by atoms with E-state index in [1.807, 2.05) is 0 Å². The van der Waals surface area contributed by atoms with Crippen molar-refractivity contribution in [3.63, 3.8) is 0 Å². The molecule has 0 spiro atoms. The number of nitrogens with one attached hydrogen (secondary N) is 1. The SMILES string of the molecule is Cl.FC1CCNC(C2CCCCC2)C1. The molecule has 0 aromatic rings. The van der Waals surface area contributed by atoms with Crippen LogP contribution >= 0.6 is 12.4 Å². The molecule has 1 saturated carbocycles. The summed E-state index contributed by atoms with van der Waals surface area (Å²) in [5, 5.41) is 3.48. The Hall–Kier alpha value is 0.180. The summed E-state index contributed by atoms with van der Waals surface area (Å²) in [7, 11) is 0. The predicted molar refractivity (Wildman–Crippen MR) is 59.7 cm³/mol. The van der Waals surface area contributed by atoms with Crippen molar-refractivity contribution < 1.29 is 4.39 Å². The smallest absolute Gasteiger partial charge is 0.103 e. The lowest BCUT2D eigenvalue weighted by atomic mass is 9.80. The highest BCUT2D eigenvalue weighted by molar-refractivity contribution is 5.85. The van der Waals surface area contributed by atoms with Crippen LogP contribution in [0.1, 0.15) is 44.9 Å². The molecule has 1 N–H and O–H groups in total. The normalized spacial score (nSPS) is 34.9. The van der Waals surface area contributed by atoms with Gasteiger partial charge in [0.2, 0.25) is 0 Å². The van der Waals surface area contributed by atoms with E-state index in [4.69, 9.17) is 0 Å². The van der Waals surface area contributed by atoms with Gasteiger partial charge < -0.3 is 5.32 Å². The van der Waals surface area contributed by atoms with Crippen molar-refractivity contribution in [3.8, 4) is 0 Å². The molecule has 1 heterocycles. The number of rotatable bonds is 1. The van der Waals surface area contributed by atoms with Gasteiger partial charge in [0, 0.05) is 6.04 Å². The lowest BCUT2D eigenvalue weighted by molar-refractivity contribution is 0.164. The highest BCUT2D eigenvalue weighted by Crippen LogP contribution is 2.30. The van der Waals surface area contributed by atoms with Gasteiger partial charge in [-0.3, -0.25) is 0 Å². The highest BCUT2D eigenvalue weighted by atomic mass is 35.5. The average Bonchev–Trinajstić information content (AvgIpc) is 2.19. The second-order valence-electron chi connectivity index (χ2n) is 4.58. The summed E-state index contributed by atoms with van der Waals surface area (Å²) in [6.45, 7) is 0.891. The summed E-state index contributed by atoms with van der Waals surface area (Å²) < 4.78 is 13.1. The van der Waals surface area contributed by atoms with Crippen LogP contribution in [0.5, 0.6) is 0 Å². The third kappa shape index (κ3) is 3.09. The van der Waals surface area contributed by atoms with Crippen LogP contribution in [-0.4, -0.2) is 18.8 Å². The molecule has 2 atom stereocenters. The van der Waals surface area contributed by atoms with Gasteiger partial charge >= 0.3 is 0 Å². The predicted octanol–water partition coefficient (Wildman–Crippen LogP) is 3.08. The molecule has 14 heavy (non-hydrogen) atoms. The van der Waals surface area contributed by atoms with E-state index in [0.29, 0.717) is 6.04 Å². The van der Waals surface area contributed by atoms with E-state index in [2.05, 4.69) is 5.32 Å². The van der Waals surface area contributed by atoms with E-state index in [9.17, 15) is 4.39 Å². The van der Waals surface area contributed by atoms with Crippen molar-refractivity contribution in [2.45, 2.75) is 57.2 Å². The Morgan fingerprint density at radius 2 is 1.71 bits per heavy atom. The first-order valence-electron chi connectivity index (χ1n) is 5.74. The van der Waals surface area contributed by atoms with Crippen LogP contribution in [0, 0.1) is 5.92 Å². The van der Waals surface area contributed by atoms with Gasteiger partial charge in [-0.1, -0.05) is 19.3 Å². The molecule has 0 bridgehead atoms. The fourth-order valence-corrected chi connectivity index (χ4v) is 2.80. The van der Waals surface area contributed by atoms with Gasteiger partial charge in [-0.2, -0.15) is 0 Å². The molecule has 0 aromatic heterocycles. The van der Waals surface area contributed by atoms with Gasteiger partial charge in [-0.15, -0.1) is 12.4 Å². The second kappa shape index (κ2) is 5.92. The standard InChI is InChI=1S/C11H20FN.ClH/c12-10-6-7-13-11(8-10)9-4-2-1-3-5-9;/h9-11,13H,1-8H2;1H. The number of alkyl halides is 1. The molecule has 0 aromatic carbocycles. The van der Waals surface area contributed by atoms with Gasteiger partial charge in [-0.25, -0.2) is 4.39 Å². The minimum atomic E-state index is -0.534. The monoisotopic (exact) mass is 221 g/mol. The molecular formula is C11H21ClFN. The van der Waals surface area contributed by atoms with E-state index in [-0.39, 0.29) is 12.4 Å². The number of hydrogen-bond donors (Lipinski definition) is 1. The average molecular weight is 222 g/mol. The highest BCUT2D eigenvalue weighted by Gasteiger charge is 2.28. The van der Waals surface area contributed by atoms with E-state index in [1.165, 1.54) is 32.1 Å². The first-order chi connectivity index (χ1) is 6.36. The van der Waals surface area contributed by atoms with Crippen LogP contribution in [0.2, 0.25) is 0 Å². The van der Waals surface area contributed by atoms with Crippen LogP contribution in [0.15, 0.2) is 0 Å². The molecule has 2 rings (SSSR count). The lowest BCUT2D eigenvalue weighted by Gasteiger charge is -2.35. The summed E-state index contributed by atoms with van der Waals surface area (Å²) in [6.07, 6.45) is 7.72. The van der Waals surface area contributed by atoms with E-state index in [1.54, 1.807) is 0 Å². The van der Waals surface area contributed by atoms with Crippen molar-refractivity contribution in [1.82, 2.24) is 5.32 Å². The second-order valence-corrected chi connectivity index (χ2v) is 4.58. The minimum Gasteiger partial charge on any atom is -0.313 e. The molecular weight excluding hydrogens is 201 g/mol. The van der Waals surface area contributed by atoms with Gasteiger partial charge in [-0.05, 0) is 38.1 Å².